The molecule has 2 aliphatic rings. The zero-order valence-corrected chi connectivity index (χ0v) is 12.5. The van der Waals surface area contributed by atoms with Crippen molar-refractivity contribution in [2.75, 3.05) is 6.54 Å². The van der Waals surface area contributed by atoms with E-state index in [0.717, 1.165) is 6.42 Å². The van der Waals surface area contributed by atoms with Crippen molar-refractivity contribution in [1.29, 1.82) is 0 Å². The highest BCUT2D eigenvalue weighted by Gasteiger charge is 2.47. The Morgan fingerprint density at radius 3 is 2.77 bits per heavy atom. The van der Waals surface area contributed by atoms with Crippen LogP contribution >= 0.6 is 0 Å². The molecule has 0 aliphatic carbocycles. The van der Waals surface area contributed by atoms with Crippen LogP contribution in [0.5, 0.6) is 5.75 Å². The molecule has 1 amide bonds. The van der Waals surface area contributed by atoms with Gasteiger partial charge in [-0.2, -0.15) is 0 Å². The van der Waals surface area contributed by atoms with Crippen LogP contribution in [0, 0.1) is 10.1 Å². The Balaban J connectivity index is 2.12. The van der Waals surface area contributed by atoms with E-state index >= 15 is 0 Å². The Bertz CT molecular complexity index is 643. The maximum Gasteiger partial charge on any atom is 0.270 e. The number of nitro groups is 1. The zero-order chi connectivity index (χ0) is 16.1. The third-order valence-corrected chi connectivity index (χ3v) is 4.35. The van der Waals surface area contributed by atoms with Gasteiger partial charge in [0.1, 0.15) is 17.5 Å². The Hall–Kier alpha value is -2.15. The first kappa shape index (κ1) is 14.8. The van der Waals surface area contributed by atoms with E-state index in [-0.39, 0.29) is 11.6 Å². The first-order chi connectivity index (χ1) is 10.3. The lowest BCUT2D eigenvalue weighted by Gasteiger charge is -2.45. The summed E-state index contributed by atoms with van der Waals surface area (Å²) in [5, 5.41) is 21.7. The fourth-order valence-corrected chi connectivity index (χ4v) is 3.17. The molecule has 22 heavy (non-hydrogen) atoms. The summed E-state index contributed by atoms with van der Waals surface area (Å²) in [5.74, 6) is 0.435. The van der Waals surface area contributed by atoms with E-state index < -0.39 is 22.7 Å². The van der Waals surface area contributed by atoms with Gasteiger partial charge in [0, 0.05) is 30.7 Å². The lowest BCUT2D eigenvalue weighted by atomic mass is 9.85. The van der Waals surface area contributed by atoms with Gasteiger partial charge < -0.3 is 14.7 Å². The molecule has 0 aromatic heterocycles. The number of non-ortho nitro benzene ring substituents is 1. The van der Waals surface area contributed by atoms with Crippen molar-refractivity contribution < 1.29 is 19.6 Å². The highest BCUT2D eigenvalue weighted by molar-refractivity contribution is 5.79. The molecule has 3 rings (SSSR count). The second-order valence-electron chi connectivity index (χ2n) is 6.27. The molecule has 2 unspecified atom stereocenters. The van der Waals surface area contributed by atoms with Gasteiger partial charge in [0.25, 0.3) is 5.69 Å². The van der Waals surface area contributed by atoms with E-state index in [4.69, 9.17) is 4.74 Å². The number of hydrogen-bond acceptors (Lipinski definition) is 5. The minimum Gasteiger partial charge on any atom is -0.485 e. The molecule has 2 aliphatic heterocycles. The normalized spacial score (nSPS) is 26.5. The van der Waals surface area contributed by atoms with Crippen molar-refractivity contribution in [2.45, 2.75) is 44.4 Å². The zero-order valence-electron chi connectivity index (χ0n) is 12.5. The van der Waals surface area contributed by atoms with Crippen LogP contribution in [0.3, 0.4) is 0 Å². The summed E-state index contributed by atoms with van der Waals surface area (Å²) < 4.78 is 5.78. The maximum atomic E-state index is 12.1. The number of likely N-dealkylation sites (tertiary alicyclic amines) is 1. The van der Waals surface area contributed by atoms with Crippen LogP contribution in [0.15, 0.2) is 18.2 Å². The summed E-state index contributed by atoms with van der Waals surface area (Å²) in [6.07, 6.45) is 0.214. The largest absolute Gasteiger partial charge is 0.485 e. The number of nitrogens with zero attached hydrogens (tertiary/aromatic N) is 2. The van der Waals surface area contributed by atoms with Gasteiger partial charge in [0.2, 0.25) is 5.91 Å². The average Bonchev–Trinajstić information content (AvgIpc) is 2.85. The van der Waals surface area contributed by atoms with Crippen molar-refractivity contribution in [2.24, 2.45) is 0 Å². The number of aliphatic hydroxyl groups is 1. The van der Waals surface area contributed by atoms with E-state index in [1.165, 1.54) is 18.2 Å². The molecule has 118 valence electrons. The lowest BCUT2D eigenvalue weighted by molar-refractivity contribution is -0.385. The van der Waals surface area contributed by atoms with E-state index in [2.05, 4.69) is 0 Å². The second-order valence-corrected chi connectivity index (χ2v) is 6.27. The van der Waals surface area contributed by atoms with Crippen LogP contribution in [0.2, 0.25) is 0 Å². The Morgan fingerprint density at radius 1 is 1.45 bits per heavy atom. The molecular formula is C15H18N2O5. The molecule has 2 atom stereocenters. The molecule has 7 heteroatoms. The van der Waals surface area contributed by atoms with Crippen molar-refractivity contribution in [1.82, 2.24) is 4.90 Å². The lowest BCUT2D eigenvalue weighted by Crippen LogP contribution is -2.53. The summed E-state index contributed by atoms with van der Waals surface area (Å²) >= 11 is 0. The van der Waals surface area contributed by atoms with Gasteiger partial charge in [-0.05, 0) is 26.3 Å². The first-order valence-electron chi connectivity index (χ1n) is 7.26. The summed E-state index contributed by atoms with van der Waals surface area (Å²) in [7, 11) is 0. The smallest absolute Gasteiger partial charge is 0.270 e. The maximum absolute atomic E-state index is 12.1. The first-order valence-corrected chi connectivity index (χ1v) is 7.26. The van der Waals surface area contributed by atoms with Gasteiger partial charge in [0.15, 0.2) is 0 Å². The number of fused-ring (bicyclic) bond motifs is 1. The minimum atomic E-state index is -0.955. The monoisotopic (exact) mass is 306 g/mol. The number of nitro benzene ring substituents is 1. The molecule has 2 heterocycles. The van der Waals surface area contributed by atoms with Gasteiger partial charge in [0.05, 0.1) is 11.0 Å². The van der Waals surface area contributed by atoms with Crippen LogP contribution in [-0.2, 0) is 4.79 Å². The summed E-state index contributed by atoms with van der Waals surface area (Å²) in [6.45, 7) is 4.03. The molecule has 0 saturated carbocycles. The highest BCUT2D eigenvalue weighted by Crippen LogP contribution is 2.45. The molecular weight excluding hydrogens is 288 g/mol. The summed E-state index contributed by atoms with van der Waals surface area (Å²) in [4.78, 5) is 24.2. The average molecular weight is 306 g/mol. The van der Waals surface area contributed by atoms with Gasteiger partial charge in [-0.15, -0.1) is 0 Å². The van der Waals surface area contributed by atoms with Crippen LogP contribution in [0.1, 0.15) is 38.3 Å². The van der Waals surface area contributed by atoms with Crippen LogP contribution < -0.4 is 4.74 Å². The van der Waals surface area contributed by atoms with Gasteiger partial charge in [-0.3, -0.25) is 14.9 Å². The number of aliphatic hydroxyl groups excluding tert-OH is 1. The molecule has 0 spiro atoms. The van der Waals surface area contributed by atoms with Crippen LogP contribution in [0.4, 0.5) is 5.69 Å². The topological polar surface area (TPSA) is 92.9 Å². The quantitative estimate of drug-likeness (QED) is 0.664. The molecule has 1 saturated heterocycles. The van der Waals surface area contributed by atoms with Crippen molar-refractivity contribution >= 4 is 11.6 Å². The molecule has 0 bridgehead atoms. The van der Waals surface area contributed by atoms with E-state index in [0.29, 0.717) is 24.3 Å². The number of hydrogen-bond donors (Lipinski definition) is 1. The molecule has 7 nitrogen and oxygen atoms in total. The fourth-order valence-electron chi connectivity index (χ4n) is 3.17. The number of benzene rings is 1. The number of carbonyl (C=O) groups is 1. The Kier molecular flexibility index (Phi) is 3.32. The van der Waals surface area contributed by atoms with Crippen molar-refractivity contribution in [3.8, 4) is 5.75 Å². The predicted molar refractivity (Wildman–Crippen MR) is 77.5 cm³/mol. The Morgan fingerprint density at radius 2 is 2.18 bits per heavy atom. The molecule has 0 radical (unpaired) electrons. The third kappa shape index (κ3) is 2.21. The third-order valence-electron chi connectivity index (χ3n) is 4.35. The molecule has 1 aromatic rings. The summed E-state index contributed by atoms with van der Waals surface area (Å²) in [6, 6.07) is 3.68. The minimum absolute atomic E-state index is 0.0424. The van der Waals surface area contributed by atoms with E-state index in [1.807, 2.05) is 0 Å². The van der Waals surface area contributed by atoms with E-state index in [1.54, 1.807) is 18.7 Å². The Labute approximate surface area is 127 Å². The van der Waals surface area contributed by atoms with Gasteiger partial charge in [-0.25, -0.2) is 0 Å². The van der Waals surface area contributed by atoms with Crippen molar-refractivity contribution in [3.63, 3.8) is 0 Å². The number of amides is 1. The SMILES string of the molecule is CC1(C)Oc2ccc([N+](=O)[O-])cc2C(N2CCCC2=O)C1O. The fraction of sp³-hybridized carbons (Fsp3) is 0.533. The molecule has 1 fully saturated rings. The number of carbonyl (C=O) groups excluding carboxylic acids is 1. The molecule has 1 aromatic carbocycles. The van der Waals surface area contributed by atoms with E-state index in [9.17, 15) is 20.0 Å². The number of ether oxygens (including phenoxy) is 1. The van der Waals surface area contributed by atoms with Crippen molar-refractivity contribution in [3.05, 3.63) is 33.9 Å². The van der Waals surface area contributed by atoms with Gasteiger partial charge in [-0.1, -0.05) is 0 Å². The van der Waals surface area contributed by atoms with Gasteiger partial charge >= 0.3 is 0 Å². The standard InChI is InChI=1S/C15H18N2O5/c1-15(2)14(19)13(16-7-3-4-12(16)18)10-8-9(17(20)21)5-6-11(10)22-15/h5-6,8,13-14,19H,3-4,7H2,1-2H3. The van der Waals surface area contributed by atoms with Crippen LogP contribution in [-0.4, -0.2) is 39.1 Å². The highest BCUT2D eigenvalue weighted by atomic mass is 16.6. The van der Waals surface area contributed by atoms with Crippen LogP contribution in [0.25, 0.3) is 0 Å². The number of rotatable bonds is 2. The predicted octanol–water partition coefficient (Wildman–Crippen LogP) is 1.79. The summed E-state index contributed by atoms with van der Waals surface area (Å²) in [5.41, 5.74) is -0.460. The molecule has 1 N–H and O–H groups in total. The second kappa shape index (κ2) is 4.95.